The molecule has 0 bridgehead atoms. The third kappa shape index (κ3) is 4.27. The van der Waals surface area contributed by atoms with E-state index < -0.39 is 20.4 Å². The van der Waals surface area contributed by atoms with Gasteiger partial charge in [-0.2, -0.15) is 0 Å². The van der Waals surface area contributed by atoms with Crippen molar-refractivity contribution in [3.63, 3.8) is 0 Å². The second-order valence-corrected chi connectivity index (χ2v) is 11.2. The van der Waals surface area contributed by atoms with E-state index in [9.17, 15) is 21.6 Å². The van der Waals surface area contributed by atoms with E-state index in [4.69, 9.17) is 0 Å². The number of halogens is 4. The molecular weight excluding hydrogens is 493 g/mol. The molecule has 0 aliphatic carbocycles. The molecule has 0 fully saturated rings. The topological polar surface area (TPSA) is 43.4 Å². The van der Waals surface area contributed by atoms with E-state index in [1.54, 1.807) is 30.3 Å². The van der Waals surface area contributed by atoms with Gasteiger partial charge in [0, 0.05) is 11.1 Å². The van der Waals surface area contributed by atoms with Gasteiger partial charge in [0.25, 0.3) is 0 Å². The predicted octanol–water partition coefficient (Wildman–Crippen LogP) is 7.26. The van der Waals surface area contributed by atoms with Gasteiger partial charge in [0.05, 0.1) is 19.7 Å². The highest BCUT2D eigenvalue weighted by Crippen LogP contribution is 2.46. The zero-order valence-corrected chi connectivity index (χ0v) is 18.8. The molecule has 4 aromatic carbocycles. The zero-order valence-electron chi connectivity index (χ0n) is 16.4. The second-order valence-electron chi connectivity index (χ2n) is 7.31. The lowest BCUT2D eigenvalue weighted by molar-refractivity contribution is -0.274. The maximum atomic E-state index is 13.3. The van der Waals surface area contributed by atoms with Gasteiger partial charge in [-0.25, -0.2) is 8.42 Å². The van der Waals surface area contributed by atoms with Gasteiger partial charge in [0.2, 0.25) is 8.27 Å². The molecule has 160 valence electrons. The number of alkyl halides is 3. The second kappa shape index (κ2) is 7.53. The molecule has 0 saturated carbocycles. The minimum absolute atomic E-state index is 0.0716. The molecule has 0 atom stereocenters. The Kier molecular flexibility index (Phi) is 5.26. The predicted molar refractivity (Wildman–Crippen MR) is 119 cm³/mol. The Balaban J connectivity index is 2.23. The average Bonchev–Trinajstić information content (AvgIpc) is 2.65. The summed E-state index contributed by atoms with van der Waals surface area (Å²) in [5.41, 5.74) is 2.09. The quantitative estimate of drug-likeness (QED) is 0.273. The Morgan fingerprint density at radius 1 is 0.774 bits per heavy atom. The number of hydrogen-bond acceptors (Lipinski definition) is 3. The molecule has 0 aromatic heterocycles. The fraction of sp³-hybridized carbons (Fsp3) is 0.130. The molecule has 0 unspecified atom stereocenters. The van der Waals surface area contributed by atoms with Crippen LogP contribution in [-0.4, -0.2) is 14.8 Å². The van der Waals surface area contributed by atoms with Crippen LogP contribution in [0.5, 0.6) is 5.75 Å². The molecule has 0 radical (unpaired) electrons. The van der Waals surface area contributed by atoms with Gasteiger partial charge in [-0.05, 0) is 47.5 Å². The lowest BCUT2D eigenvalue weighted by Gasteiger charge is -2.19. The van der Waals surface area contributed by atoms with Crippen molar-refractivity contribution >= 4 is 44.6 Å². The molecule has 0 aliphatic heterocycles. The SMILES string of the molecule is Cc1ccc2c(-c3c(S(=O)(=O)Br)ccc4cc(C)ccc34)c(OC(F)(F)F)ccc2c1. The normalized spacial score (nSPS) is 12.5. The number of aryl methyl sites for hydroxylation is 2. The Morgan fingerprint density at radius 3 is 1.81 bits per heavy atom. The highest BCUT2D eigenvalue weighted by atomic mass is 79.9. The van der Waals surface area contributed by atoms with Gasteiger partial charge in [-0.1, -0.05) is 59.7 Å². The van der Waals surface area contributed by atoms with Gasteiger partial charge >= 0.3 is 6.36 Å². The summed E-state index contributed by atoms with van der Waals surface area (Å²) in [5, 5.41) is 2.34. The van der Waals surface area contributed by atoms with E-state index in [1.165, 1.54) is 18.2 Å². The molecule has 0 amide bonds. The van der Waals surface area contributed by atoms with Gasteiger partial charge in [0.15, 0.2) is 0 Å². The minimum Gasteiger partial charge on any atom is -0.405 e. The standard InChI is InChI=1S/C23H16BrF3O3S/c1-13-3-7-17-15(11-13)5-9-19(30-23(25,26)27)21(17)22-18-8-4-14(2)12-16(18)6-10-20(22)31(24,28)29/h3-12H,1-2H3. The van der Waals surface area contributed by atoms with Crippen LogP contribution in [0, 0.1) is 13.8 Å². The number of benzene rings is 4. The molecule has 31 heavy (non-hydrogen) atoms. The summed E-state index contributed by atoms with van der Waals surface area (Å²) in [6.45, 7) is 3.75. The van der Waals surface area contributed by atoms with Crippen molar-refractivity contribution in [3.05, 3.63) is 71.8 Å². The van der Waals surface area contributed by atoms with Crippen molar-refractivity contribution in [2.45, 2.75) is 25.1 Å². The molecule has 3 nitrogen and oxygen atoms in total. The van der Waals surface area contributed by atoms with E-state index in [2.05, 4.69) is 19.5 Å². The van der Waals surface area contributed by atoms with Crippen LogP contribution in [0.4, 0.5) is 13.2 Å². The summed E-state index contributed by atoms with van der Waals surface area (Å²) in [6, 6.07) is 16.4. The summed E-state index contributed by atoms with van der Waals surface area (Å²) >= 11 is 2.71. The van der Waals surface area contributed by atoms with E-state index in [0.717, 1.165) is 11.1 Å². The van der Waals surface area contributed by atoms with E-state index in [1.807, 2.05) is 26.0 Å². The summed E-state index contributed by atoms with van der Waals surface area (Å²) in [6.07, 6.45) is -4.94. The first-order valence-corrected chi connectivity index (χ1v) is 12.5. The van der Waals surface area contributed by atoms with Crippen LogP contribution in [0.15, 0.2) is 65.6 Å². The molecule has 8 heteroatoms. The number of rotatable bonds is 3. The van der Waals surface area contributed by atoms with Crippen molar-refractivity contribution < 1.29 is 26.3 Å². The first-order valence-electron chi connectivity index (χ1n) is 9.21. The van der Waals surface area contributed by atoms with Crippen LogP contribution in [0.3, 0.4) is 0 Å². The van der Waals surface area contributed by atoms with Crippen molar-refractivity contribution in [2.24, 2.45) is 0 Å². The highest BCUT2D eigenvalue weighted by molar-refractivity contribution is 9.47. The van der Waals surface area contributed by atoms with Gasteiger partial charge in [-0.15, -0.1) is 13.2 Å². The Labute approximate surface area is 184 Å². The zero-order chi connectivity index (χ0) is 22.6. The van der Waals surface area contributed by atoms with Crippen molar-refractivity contribution in [1.82, 2.24) is 0 Å². The summed E-state index contributed by atoms with van der Waals surface area (Å²) < 4.78 is 69.3. The van der Waals surface area contributed by atoms with Crippen LogP contribution in [0.2, 0.25) is 0 Å². The minimum atomic E-state index is -4.94. The maximum absolute atomic E-state index is 13.3. The Bertz CT molecular complexity index is 1440. The molecule has 0 spiro atoms. The average molecular weight is 509 g/mol. The van der Waals surface area contributed by atoms with Crippen molar-refractivity contribution in [3.8, 4) is 16.9 Å². The Hall–Kier alpha value is -2.58. The summed E-state index contributed by atoms with van der Waals surface area (Å²) in [4.78, 5) is -0.135. The smallest absolute Gasteiger partial charge is 0.405 e. The third-order valence-corrected chi connectivity index (χ3v) is 6.92. The van der Waals surface area contributed by atoms with E-state index in [-0.39, 0.29) is 16.0 Å². The number of hydrogen-bond donors (Lipinski definition) is 0. The molecule has 0 aliphatic rings. The van der Waals surface area contributed by atoms with Crippen LogP contribution in [0.25, 0.3) is 32.7 Å². The maximum Gasteiger partial charge on any atom is 0.573 e. The molecule has 4 rings (SSSR count). The van der Waals surface area contributed by atoms with Crippen molar-refractivity contribution in [2.75, 3.05) is 0 Å². The van der Waals surface area contributed by atoms with Gasteiger partial charge in [0.1, 0.15) is 5.75 Å². The number of ether oxygens (including phenoxy) is 1. The third-order valence-electron chi connectivity index (χ3n) is 5.01. The lowest BCUT2D eigenvalue weighted by atomic mass is 9.92. The monoisotopic (exact) mass is 508 g/mol. The fourth-order valence-electron chi connectivity index (χ4n) is 3.79. The molecule has 0 heterocycles. The van der Waals surface area contributed by atoms with Gasteiger partial charge in [-0.3, -0.25) is 0 Å². The van der Waals surface area contributed by atoms with Crippen LogP contribution in [-0.2, 0) is 8.27 Å². The largest absolute Gasteiger partial charge is 0.573 e. The van der Waals surface area contributed by atoms with E-state index in [0.29, 0.717) is 21.5 Å². The van der Waals surface area contributed by atoms with Gasteiger partial charge < -0.3 is 4.74 Å². The van der Waals surface area contributed by atoms with Crippen LogP contribution >= 0.6 is 14.8 Å². The first-order chi connectivity index (χ1) is 14.4. The number of fused-ring (bicyclic) bond motifs is 2. The highest BCUT2D eigenvalue weighted by Gasteiger charge is 2.34. The first kappa shape index (κ1) is 21.6. The molecule has 4 aromatic rings. The fourth-order valence-corrected chi connectivity index (χ4v) is 5.28. The molecule has 0 saturated heterocycles. The molecular formula is C23H16BrF3O3S. The van der Waals surface area contributed by atoms with Crippen molar-refractivity contribution in [1.29, 1.82) is 0 Å². The lowest BCUT2D eigenvalue weighted by Crippen LogP contribution is -2.18. The summed E-state index contributed by atoms with van der Waals surface area (Å²) in [5.74, 6) is -0.464. The molecule has 0 N–H and O–H groups in total. The van der Waals surface area contributed by atoms with Crippen LogP contribution in [0.1, 0.15) is 11.1 Å². The van der Waals surface area contributed by atoms with E-state index >= 15 is 0 Å². The Morgan fingerprint density at radius 2 is 1.29 bits per heavy atom. The van der Waals surface area contributed by atoms with Crippen LogP contribution < -0.4 is 4.74 Å². The summed E-state index contributed by atoms with van der Waals surface area (Å²) in [7, 11) is -3.94.